The highest BCUT2D eigenvalue weighted by Crippen LogP contribution is 2.29. The van der Waals surface area contributed by atoms with Crippen LogP contribution in [0.2, 0.25) is 15.1 Å². The van der Waals surface area contributed by atoms with Crippen LogP contribution in [0.15, 0.2) is 36.7 Å². The number of aromatic nitrogens is 1. The smallest absolute Gasteiger partial charge is 0.0637 e. The highest BCUT2D eigenvalue weighted by atomic mass is 35.5. The van der Waals surface area contributed by atoms with Crippen molar-refractivity contribution in [3.05, 3.63) is 62.9 Å². The molecule has 1 aromatic heterocycles. The molecule has 5 heteroatoms. The van der Waals surface area contributed by atoms with Crippen molar-refractivity contribution in [2.24, 2.45) is 0 Å². The summed E-state index contributed by atoms with van der Waals surface area (Å²) >= 11 is 18.4. The Hall–Kier alpha value is -0.800. The monoisotopic (exact) mass is 328 g/mol. The zero-order valence-electron chi connectivity index (χ0n) is 11.0. The Labute approximate surface area is 134 Å². The van der Waals surface area contributed by atoms with Crippen molar-refractivity contribution in [1.29, 1.82) is 0 Å². The van der Waals surface area contributed by atoms with Crippen LogP contribution >= 0.6 is 34.8 Å². The number of hydrogen-bond acceptors (Lipinski definition) is 2. The first-order valence-electron chi connectivity index (χ1n) is 6.38. The van der Waals surface area contributed by atoms with Gasteiger partial charge in [-0.1, -0.05) is 47.8 Å². The lowest BCUT2D eigenvalue weighted by Gasteiger charge is -2.20. The molecule has 0 amide bonds. The molecular weight excluding hydrogens is 315 g/mol. The average molecular weight is 330 g/mol. The van der Waals surface area contributed by atoms with Gasteiger partial charge in [0.05, 0.1) is 5.02 Å². The molecule has 106 valence electrons. The Morgan fingerprint density at radius 1 is 1.15 bits per heavy atom. The molecule has 2 aromatic rings. The van der Waals surface area contributed by atoms with Crippen molar-refractivity contribution in [3.63, 3.8) is 0 Å². The van der Waals surface area contributed by atoms with Gasteiger partial charge < -0.3 is 5.32 Å². The van der Waals surface area contributed by atoms with E-state index in [1.807, 2.05) is 18.2 Å². The standard InChI is InChI=1S/C15H15Cl3N2/c1-2-20-15(12-5-6-19-9-14(12)18)7-10-3-4-11(16)8-13(10)17/h3-6,8-9,15,20H,2,7H2,1H3. The number of rotatable bonds is 5. The van der Waals surface area contributed by atoms with Gasteiger partial charge in [0.25, 0.3) is 0 Å². The molecule has 1 atom stereocenters. The molecule has 1 aromatic carbocycles. The minimum Gasteiger partial charge on any atom is -0.310 e. The van der Waals surface area contributed by atoms with E-state index in [-0.39, 0.29) is 6.04 Å². The summed E-state index contributed by atoms with van der Waals surface area (Å²) in [5.41, 5.74) is 2.06. The number of halogens is 3. The number of hydrogen-bond donors (Lipinski definition) is 1. The van der Waals surface area contributed by atoms with Gasteiger partial charge >= 0.3 is 0 Å². The predicted molar refractivity (Wildman–Crippen MR) is 85.8 cm³/mol. The maximum Gasteiger partial charge on any atom is 0.0637 e. The van der Waals surface area contributed by atoms with Crippen molar-refractivity contribution >= 4 is 34.8 Å². The largest absolute Gasteiger partial charge is 0.310 e. The first-order chi connectivity index (χ1) is 9.61. The summed E-state index contributed by atoms with van der Waals surface area (Å²) in [5, 5.41) is 5.39. The minimum absolute atomic E-state index is 0.0918. The molecule has 0 aliphatic carbocycles. The van der Waals surface area contributed by atoms with Gasteiger partial charge in [-0.2, -0.15) is 0 Å². The third-order valence-electron chi connectivity index (χ3n) is 3.07. The predicted octanol–water partition coefficient (Wildman–Crippen LogP) is 4.94. The van der Waals surface area contributed by atoms with Crippen LogP contribution in [-0.4, -0.2) is 11.5 Å². The van der Waals surface area contributed by atoms with Crippen LogP contribution in [0.5, 0.6) is 0 Å². The van der Waals surface area contributed by atoms with Crippen molar-refractivity contribution in [2.45, 2.75) is 19.4 Å². The van der Waals surface area contributed by atoms with E-state index < -0.39 is 0 Å². The zero-order chi connectivity index (χ0) is 14.5. The minimum atomic E-state index is 0.0918. The number of nitrogens with zero attached hydrogens (tertiary/aromatic N) is 1. The van der Waals surface area contributed by atoms with Crippen LogP contribution in [0.1, 0.15) is 24.1 Å². The van der Waals surface area contributed by atoms with Crippen molar-refractivity contribution in [3.8, 4) is 0 Å². The zero-order valence-corrected chi connectivity index (χ0v) is 13.3. The highest BCUT2D eigenvalue weighted by molar-refractivity contribution is 6.35. The fourth-order valence-corrected chi connectivity index (χ4v) is 2.85. The molecule has 20 heavy (non-hydrogen) atoms. The van der Waals surface area contributed by atoms with Crippen molar-refractivity contribution < 1.29 is 0 Å². The van der Waals surface area contributed by atoms with E-state index in [0.717, 1.165) is 24.1 Å². The Balaban J connectivity index is 2.28. The summed E-state index contributed by atoms with van der Waals surface area (Å²) in [4.78, 5) is 4.02. The highest BCUT2D eigenvalue weighted by Gasteiger charge is 2.16. The van der Waals surface area contributed by atoms with Crippen LogP contribution in [0, 0.1) is 0 Å². The van der Waals surface area contributed by atoms with E-state index in [4.69, 9.17) is 34.8 Å². The van der Waals surface area contributed by atoms with Gasteiger partial charge in [-0.25, -0.2) is 0 Å². The van der Waals surface area contributed by atoms with Gasteiger partial charge in [-0.15, -0.1) is 0 Å². The first-order valence-corrected chi connectivity index (χ1v) is 7.52. The van der Waals surface area contributed by atoms with Gasteiger partial charge in [-0.05, 0) is 42.3 Å². The summed E-state index contributed by atoms with van der Waals surface area (Å²) in [5.74, 6) is 0. The van der Waals surface area contributed by atoms with Crippen LogP contribution in [0.3, 0.4) is 0 Å². The Kier molecular flexibility index (Phi) is 5.67. The van der Waals surface area contributed by atoms with E-state index in [1.54, 1.807) is 18.5 Å². The van der Waals surface area contributed by atoms with Crippen molar-refractivity contribution in [2.75, 3.05) is 6.54 Å². The average Bonchev–Trinajstić information content (AvgIpc) is 2.42. The first kappa shape index (κ1) is 15.6. The summed E-state index contributed by atoms with van der Waals surface area (Å²) in [6, 6.07) is 7.58. The van der Waals surface area contributed by atoms with E-state index in [9.17, 15) is 0 Å². The van der Waals surface area contributed by atoms with Gasteiger partial charge in [0, 0.05) is 28.5 Å². The molecule has 0 saturated carbocycles. The molecule has 2 rings (SSSR count). The quantitative estimate of drug-likeness (QED) is 0.841. The number of benzene rings is 1. The third-order valence-corrected chi connectivity index (χ3v) is 3.97. The molecule has 1 unspecified atom stereocenters. The molecule has 0 spiro atoms. The lowest BCUT2D eigenvalue weighted by Crippen LogP contribution is -2.23. The SMILES string of the molecule is CCNC(Cc1ccc(Cl)cc1Cl)c1ccncc1Cl. The summed E-state index contributed by atoms with van der Waals surface area (Å²) in [6.07, 6.45) is 4.15. The fourth-order valence-electron chi connectivity index (χ4n) is 2.11. The molecule has 1 heterocycles. The molecule has 0 radical (unpaired) electrons. The van der Waals surface area contributed by atoms with Gasteiger partial charge in [0.1, 0.15) is 0 Å². The second-order valence-corrected chi connectivity index (χ2v) is 5.70. The molecule has 0 saturated heterocycles. The van der Waals surface area contributed by atoms with Crippen LogP contribution in [-0.2, 0) is 6.42 Å². The van der Waals surface area contributed by atoms with E-state index in [2.05, 4.69) is 17.2 Å². The summed E-state index contributed by atoms with van der Waals surface area (Å²) in [6.45, 7) is 2.90. The second-order valence-electron chi connectivity index (χ2n) is 4.45. The maximum absolute atomic E-state index is 6.24. The van der Waals surface area contributed by atoms with Crippen LogP contribution in [0.4, 0.5) is 0 Å². The van der Waals surface area contributed by atoms with E-state index >= 15 is 0 Å². The lowest BCUT2D eigenvalue weighted by molar-refractivity contribution is 0.549. The molecular formula is C15H15Cl3N2. The number of likely N-dealkylation sites (N-methyl/N-ethyl adjacent to an activating group) is 1. The summed E-state index contributed by atoms with van der Waals surface area (Å²) < 4.78 is 0. The Morgan fingerprint density at radius 2 is 1.95 bits per heavy atom. The van der Waals surface area contributed by atoms with E-state index in [1.165, 1.54) is 0 Å². The molecule has 0 fully saturated rings. The third kappa shape index (κ3) is 3.86. The van der Waals surface area contributed by atoms with Gasteiger partial charge in [-0.3, -0.25) is 4.98 Å². The molecule has 0 aliphatic rings. The summed E-state index contributed by atoms with van der Waals surface area (Å²) in [7, 11) is 0. The lowest BCUT2D eigenvalue weighted by atomic mass is 9.99. The molecule has 2 nitrogen and oxygen atoms in total. The fraction of sp³-hybridized carbons (Fsp3) is 0.267. The van der Waals surface area contributed by atoms with Crippen LogP contribution < -0.4 is 5.32 Å². The van der Waals surface area contributed by atoms with Gasteiger partial charge in [0.2, 0.25) is 0 Å². The molecule has 0 aliphatic heterocycles. The molecule has 0 bridgehead atoms. The van der Waals surface area contributed by atoms with Gasteiger partial charge in [0.15, 0.2) is 0 Å². The molecule has 1 N–H and O–H groups in total. The Morgan fingerprint density at radius 3 is 2.60 bits per heavy atom. The Bertz CT molecular complexity index is 587. The van der Waals surface area contributed by atoms with Crippen molar-refractivity contribution in [1.82, 2.24) is 10.3 Å². The number of nitrogens with one attached hydrogen (secondary N) is 1. The second kappa shape index (κ2) is 7.28. The number of pyridine rings is 1. The van der Waals surface area contributed by atoms with E-state index in [0.29, 0.717) is 15.1 Å². The topological polar surface area (TPSA) is 24.9 Å². The maximum atomic E-state index is 6.24. The van der Waals surface area contributed by atoms with Crippen LogP contribution in [0.25, 0.3) is 0 Å². The normalized spacial score (nSPS) is 12.4.